The molecule has 1 aromatic heterocycles. The SMILES string of the molecule is O=Cc1ccc(-c2c(Br)cccc2OCC(F)(F)F)o1. The van der Waals surface area contributed by atoms with E-state index in [1.807, 2.05) is 0 Å². The second-order valence-corrected chi connectivity index (χ2v) is 4.69. The van der Waals surface area contributed by atoms with Gasteiger partial charge in [0.1, 0.15) is 11.5 Å². The van der Waals surface area contributed by atoms with Crippen molar-refractivity contribution < 1.29 is 27.1 Å². The first kappa shape index (κ1) is 14.6. The highest BCUT2D eigenvalue weighted by atomic mass is 79.9. The molecular weight excluding hydrogens is 341 g/mol. The minimum Gasteiger partial charge on any atom is -0.483 e. The van der Waals surface area contributed by atoms with E-state index >= 15 is 0 Å². The van der Waals surface area contributed by atoms with Gasteiger partial charge in [0.25, 0.3) is 0 Å². The van der Waals surface area contributed by atoms with Gasteiger partial charge in [-0.25, -0.2) is 0 Å². The molecular formula is C13H8BrF3O3. The van der Waals surface area contributed by atoms with Crippen molar-refractivity contribution in [2.45, 2.75) is 6.18 Å². The first-order valence-electron chi connectivity index (χ1n) is 5.44. The predicted octanol–water partition coefficient (Wildman–Crippen LogP) is 4.46. The first-order chi connectivity index (χ1) is 9.40. The molecule has 0 N–H and O–H groups in total. The second kappa shape index (κ2) is 5.70. The van der Waals surface area contributed by atoms with Gasteiger partial charge >= 0.3 is 6.18 Å². The van der Waals surface area contributed by atoms with Crippen LogP contribution in [-0.2, 0) is 0 Å². The van der Waals surface area contributed by atoms with Crippen LogP contribution in [0.5, 0.6) is 5.75 Å². The van der Waals surface area contributed by atoms with E-state index in [9.17, 15) is 18.0 Å². The zero-order valence-corrected chi connectivity index (χ0v) is 11.5. The van der Waals surface area contributed by atoms with Gasteiger partial charge < -0.3 is 9.15 Å². The monoisotopic (exact) mass is 348 g/mol. The number of halogens is 4. The molecule has 0 amide bonds. The summed E-state index contributed by atoms with van der Waals surface area (Å²) in [7, 11) is 0. The van der Waals surface area contributed by atoms with Crippen molar-refractivity contribution in [1.29, 1.82) is 0 Å². The average Bonchev–Trinajstić information content (AvgIpc) is 2.84. The van der Waals surface area contributed by atoms with Crippen LogP contribution in [0.15, 0.2) is 39.2 Å². The zero-order chi connectivity index (χ0) is 14.8. The van der Waals surface area contributed by atoms with Crippen LogP contribution in [0.2, 0.25) is 0 Å². The number of benzene rings is 1. The Morgan fingerprint density at radius 3 is 2.60 bits per heavy atom. The van der Waals surface area contributed by atoms with E-state index < -0.39 is 12.8 Å². The fourth-order valence-corrected chi connectivity index (χ4v) is 2.12. The zero-order valence-electron chi connectivity index (χ0n) is 9.91. The van der Waals surface area contributed by atoms with Crippen LogP contribution in [0.25, 0.3) is 11.3 Å². The summed E-state index contributed by atoms with van der Waals surface area (Å²) in [5, 5.41) is 0. The van der Waals surface area contributed by atoms with Crippen molar-refractivity contribution in [3.8, 4) is 17.1 Å². The number of ether oxygens (including phenoxy) is 1. The molecule has 106 valence electrons. The second-order valence-electron chi connectivity index (χ2n) is 3.84. The molecule has 0 aliphatic rings. The standard InChI is InChI=1S/C13H8BrF3O3/c14-9-2-1-3-10(19-7-13(15,16)17)12(9)11-5-4-8(6-18)20-11/h1-6H,7H2. The molecule has 0 fully saturated rings. The summed E-state index contributed by atoms with van der Waals surface area (Å²) in [5.41, 5.74) is 0.324. The van der Waals surface area contributed by atoms with E-state index in [1.54, 1.807) is 12.1 Å². The van der Waals surface area contributed by atoms with Crippen LogP contribution in [0, 0.1) is 0 Å². The number of furan rings is 1. The molecule has 0 atom stereocenters. The fourth-order valence-electron chi connectivity index (χ4n) is 1.57. The Morgan fingerprint density at radius 2 is 2.00 bits per heavy atom. The molecule has 0 aliphatic heterocycles. The molecule has 0 bridgehead atoms. The molecule has 2 rings (SSSR count). The van der Waals surface area contributed by atoms with Crippen molar-refractivity contribution >= 4 is 22.2 Å². The summed E-state index contributed by atoms with van der Waals surface area (Å²) in [4.78, 5) is 10.6. The molecule has 20 heavy (non-hydrogen) atoms. The van der Waals surface area contributed by atoms with Crippen LogP contribution in [0.1, 0.15) is 10.6 Å². The summed E-state index contributed by atoms with van der Waals surface area (Å²) in [6.45, 7) is -1.41. The van der Waals surface area contributed by atoms with Crippen LogP contribution in [0.3, 0.4) is 0 Å². The summed E-state index contributed by atoms with van der Waals surface area (Å²) in [5.74, 6) is 0.345. The Kier molecular flexibility index (Phi) is 4.17. The molecule has 1 heterocycles. The van der Waals surface area contributed by atoms with E-state index in [2.05, 4.69) is 15.9 Å². The highest BCUT2D eigenvalue weighted by Crippen LogP contribution is 2.38. The van der Waals surface area contributed by atoms with Gasteiger partial charge in [-0.3, -0.25) is 4.79 Å². The number of hydrogen-bond acceptors (Lipinski definition) is 3. The van der Waals surface area contributed by atoms with E-state index in [4.69, 9.17) is 9.15 Å². The van der Waals surface area contributed by atoms with Crippen LogP contribution in [0.4, 0.5) is 13.2 Å². The summed E-state index contributed by atoms with van der Waals surface area (Å²) < 4.78 is 47.2. The lowest BCUT2D eigenvalue weighted by Crippen LogP contribution is -2.19. The normalized spacial score (nSPS) is 11.4. The maximum Gasteiger partial charge on any atom is 0.422 e. The lowest BCUT2D eigenvalue weighted by atomic mass is 10.1. The quantitative estimate of drug-likeness (QED) is 0.765. The van der Waals surface area contributed by atoms with E-state index in [0.29, 0.717) is 16.3 Å². The van der Waals surface area contributed by atoms with Crippen molar-refractivity contribution in [2.75, 3.05) is 6.61 Å². The summed E-state index contributed by atoms with van der Waals surface area (Å²) in [6.07, 6.45) is -3.92. The molecule has 7 heteroatoms. The molecule has 0 saturated heterocycles. The smallest absolute Gasteiger partial charge is 0.422 e. The Balaban J connectivity index is 2.38. The van der Waals surface area contributed by atoms with Crippen LogP contribution in [-0.4, -0.2) is 19.1 Å². The fraction of sp³-hybridized carbons (Fsp3) is 0.154. The van der Waals surface area contributed by atoms with Crippen molar-refractivity contribution in [3.63, 3.8) is 0 Å². The van der Waals surface area contributed by atoms with Gasteiger partial charge in [0, 0.05) is 4.47 Å². The molecule has 0 unspecified atom stereocenters. The van der Waals surface area contributed by atoms with Gasteiger partial charge in [-0.2, -0.15) is 13.2 Å². The van der Waals surface area contributed by atoms with Crippen molar-refractivity contribution in [2.24, 2.45) is 0 Å². The van der Waals surface area contributed by atoms with E-state index in [0.717, 1.165) is 0 Å². The average molecular weight is 349 g/mol. The molecule has 0 aliphatic carbocycles. The third-order valence-corrected chi connectivity index (χ3v) is 3.02. The maximum atomic E-state index is 12.2. The molecule has 1 aromatic carbocycles. The third kappa shape index (κ3) is 3.41. The highest BCUT2D eigenvalue weighted by Gasteiger charge is 2.29. The first-order valence-corrected chi connectivity index (χ1v) is 6.23. The Morgan fingerprint density at radius 1 is 1.25 bits per heavy atom. The minimum atomic E-state index is -4.43. The summed E-state index contributed by atoms with van der Waals surface area (Å²) in [6, 6.07) is 7.50. The Hall–Kier alpha value is -1.76. The minimum absolute atomic E-state index is 0.0171. The number of carbonyl (C=O) groups excluding carboxylic acids is 1. The van der Waals surface area contributed by atoms with Crippen molar-refractivity contribution in [1.82, 2.24) is 0 Å². The van der Waals surface area contributed by atoms with Crippen LogP contribution >= 0.6 is 15.9 Å². The lowest BCUT2D eigenvalue weighted by molar-refractivity contribution is -0.153. The van der Waals surface area contributed by atoms with Gasteiger partial charge in [-0.1, -0.05) is 6.07 Å². The highest BCUT2D eigenvalue weighted by molar-refractivity contribution is 9.10. The van der Waals surface area contributed by atoms with Gasteiger partial charge in [-0.05, 0) is 40.2 Å². The molecule has 0 spiro atoms. The molecule has 0 saturated carbocycles. The number of hydrogen-bond donors (Lipinski definition) is 0. The van der Waals surface area contributed by atoms with Gasteiger partial charge in [0.05, 0.1) is 5.56 Å². The van der Waals surface area contributed by atoms with Gasteiger partial charge in [0.2, 0.25) is 0 Å². The topological polar surface area (TPSA) is 39.4 Å². The van der Waals surface area contributed by atoms with Crippen LogP contribution < -0.4 is 4.74 Å². The molecule has 2 aromatic rings. The van der Waals surface area contributed by atoms with Gasteiger partial charge in [0.15, 0.2) is 18.7 Å². The Bertz CT molecular complexity index is 620. The number of alkyl halides is 3. The number of aldehydes is 1. The molecule has 3 nitrogen and oxygen atoms in total. The number of rotatable bonds is 4. The molecule has 0 radical (unpaired) electrons. The van der Waals surface area contributed by atoms with Crippen molar-refractivity contribution in [3.05, 3.63) is 40.6 Å². The summed E-state index contributed by atoms with van der Waals surface area (Å²) >= 11 is 3.23. The predicted molar refractivity (Wildman–Crippen MR) is 68.8 cm³/mol. The largest absolute Gasteiger partial charge is 0.483 e. The third-order valence-electron chi connectivity index (χ3n) is 2.36. The Labute approximate surface area is 120 Å². The maximum absolute atomic E-state index is 12.2. The van der Waals surface area contributed by atoms with E-state index in [-0.39, 0.29) is 17.3 Å². The van der Waals surface area contributed by atoms with E-state index in [1.165, 1.54) is 18.2 Å². The number of carbonyl (C=O) groups is 1. The lowest BCUT2D eigenvalue weighted by Gasteiger charge is -2.13. The van der Waals surface area contributed by atoms with Gasteiger partial charge in [-0.15, -0.1) is 0 Å².